The van der Waals surface area contributed by atoms with Crippen LogP contribution < -0.4 is 14.8 Å². The van der Waals surface area contributed by atoms with Gasteiger partial charge in [0.25, 0.3) is 0 Å². The van der Waals surface area contributed by atoms with Crippen LogP contribution in [-0.2, 0) is 16.1 Å². The molecule has 5 rings (SSSR count). The zero-order valence-electron chi connectivity index (χ0n) is 18.2. The Kier molecular flexibility index (Phi) is 6.37. The summed E-state index contributed by atoms with van der Waals surface area (Å²) >= 11 is 1.07. The SMILES string of the molecule is O=C(CC1SC(=Nc2ccccc2F)N(Cc2ccc3c(c2)OCO3)C1=O)Nc1ccccc1F. The summed E-state index contributed by atoms with van der Waals surface area (Å²) in [7, 11) is 0. The average molecular weight is 496 g/mol. The number of benzene rings is 3. The van der Waals surface area contributed by atoms with Gasteiger partial charge in [-0.05, 0) is 42.0 Å². The summed E-state index contributed by atoms with van der Waals surface area (Å²) in [6.45, 7) is 0.262. The van der Waals surface area contributed by atoms with Crippen molar-refractivity contribution in [3.8, 4) is 11.5 Å². The summed E-state index contributed by atoms with van der Waals surface area (Å²) in [5.41, 5.74) is 0.862. The zero-order chi connectivity index (χ0) is 24.4. The first-order valence-electron chi connectivity index (χ1n) is 10.7. The van der Waals surface area contributed by atoms with Crippen molar-refractivity contribution < 1.29 is 27.8 Å². The number of amides is 2. The van der Waals surface area contributed by atoms with E-state index in [2.05, 4.69) is 10.3 Å². The quantitative estimate of drug-likeness (QED) is 0.529. The third kappa shape index (κ3) is 4.97. The lowest BCUT2D eigenvalue weighted by Gasteiger charge is -2.17. The number of nitrogens with one attached hydrogen (secondary N) is 1. The molecule has 3 aromatic carbocycles. The number of aliphatic imine (C=N–C) groups is 1. The Morgan fingerprint density at radius 3 is 2.57 bits per heavy atom. The van der Waals surface area contributed by atoms with Crippen LogP contribution in [0, 0.1) is 11.6 Å². The van der Waals surface area contributed by atoms with E-state index in [0.29, 0.717) is 11.5 Å². The monoisotopic (exact) mass is 495 g/mol. The highest BCUT2D eigenvalue weighted by Gasteiger charge is 2.39. The van der Waals surface area contributed by atoms with Crippen LogP contribution in [0.4, 0.5) is 20.2 Å². The molecule has 178 valence electrons. The Morgan fingerprint density at radius 1 is 1.03 bits per heavy atom. The van der Waals surface area contributed by atoms with Crippen LogP contribution in [0.15, 0.2) is 71.7 Å². The number of halogens is 2. The number of hydrogen-bond donors (Lipinski definition) is 1. The highest BCUT2D eigenvalue weighted by Crippen LogP contribution is 2.36. The van der Waals surface area contributed by atoms with Gasteiger partial charge < -0.3 is 14.8 Å². The molecule has 1 saturated heterocycles. The first-order valence-corrected chi connectivity index (χ1v) is 11.6. The van der Waals surface area contributed by atoms with Gasteiger partial charge in [-0.15, -0.1) is 0 Å². The number of rotatable bonds is 6. The molecule has 2 aliphatic rings. The maximum atomic E-state index is 14.3. The molecule has 10 heteroatoms. The molecule has 0 aromatic heterocycles. The second kappa shape index (κ2) is 9.75. The van der Waals surface area contributed by atoms with Crippen LogP contribution in [0.3, 0.4) is 0 Å². The number of thioether (sulfide) groups is 1. The normalized spacial score (nSPS) is 17.8. The minimum Gasteiger partial charge on any atom is -0.454 e. The lowest BCUT2D eigenvalue weighted by atomic mass is 10.1. The van der Waals surface area contributed by atoms with Gasteiger partial charge in [-0.25, -0.2) is 13.8 Å². The minimum absolute atomic E-state index is 0.0328. The smallest absolute Gasteiger partial charge is 0.242 e. The summed E-state index contributed by atoms with van der Waals surface area (Å²) in [6, 6.07) is 17.1. The molecule has 1 unspecified atom stereocenters. The molecule has 7 nitrogen and oxygen atoms in total. The van der Waals surface area contributed by atoms with Crippen molar-refractivity contribution in [2.45, 2.75) is 18.2 Å². The molecule has 1 fully saturated rings. The molecular formula is C25H19F2N3O4S. The Bertz CT molecular complexity index is 1330. The van der Waals surface area contributed by atoms with Gasteiger partial charge in [0.15, 0.2) is 16.7 Å². The molecule has 1 N–H and O–H groups in total. The van der Waals surface area contributed by atoms with Crippen molar-refractivity contribution >= 4 is 40.1 Å². The van der Waals surface area contributed by atoms with Gasteiger partial charge in [-0.3, -0.25) is 14.5 Å². The van der Waals surface area contributed by atoms with Gasteiger partial charge in [0, 0.05) is 6.42 Å². The summed E-state index contributed by atoms with van der Waals surface area (Å²) in [4.78, 5) is 31.7. The summed E-state index contributed by atoms with van der Waals surface area (Å²) < 4.78 is 38.9. The Morgan fingerprint density at radius 2 is 1.77 bits per heavy atom. The van der Waals surface area contributed by atoms with Gasteiger partial charge in [0.2, 0.25) is 18.6 Å². The van der Waals surface area contributed by atoms with E-state index in [4.69, 9.17) is 9.47 Å². The second-order valence-electron chi connectivity index (χ2n) is 7.80. The molecule has 35 heavy (non-hydrogen) atoms. The Balaban J connectivity index is 1.39. The van der Waals surface area contributed by atoms with Crippen LogP contribution in [0.25, 0.3) is 0 Å². The minimum atomic E-state index is -0.804. The van der Waals surface area contributed by atoms with Gasteiger partial charge >= 0.3 is 0 Å². The molecular weight excluding hydrogens is 476 g/mol. The average Bonchev–Trinajstić information content (AvgIpc) is 3.42. The molecule has 0 bridgehead atoms. The number of carbonyl (C=O) groups is 2. The van der Waals surface area contributed by atoms with Crippen molar-refractivity contribution in [1.82, 2.24) is 4.90 Å². The van der Waals surface area contributed by atoms with Crippen molar-refractivity contribution in [3.05, 3.63) is 83.9 Å². The van der Waals surface area contributed by atoms with Gasteiger partial charge in [-0.1, -0.05) is 42.1 Å². The molecule has 2 aliphatic heterocycles. The molecule has 3 aromatic rings. The van der Waals surface area contributed by atoms with Crippen LogP contribution in [0.2, 0.25) is 0 Å². The molecule has 2 amide bonds. The zero-order valence-corrected chi connectivity index (χ0v) is 19.1. The number of carbonyl (C=O) groups excluding carboxylic acids is 2. The lowest BCUT2D eigenvalue weighted by molar-refractivity contribution is -0.128. The van der Waals surface area contributed by atoms with Gasteiger partial charge in [0.05, 0.1) is 12.2 Å². The Labute approximate surface area is 203 Å². The fourth-order valence-corrected chi connectivity index (χ4v) is 4.82. The number of nitrogens with zero attached hydrogens (tertiary/aromatic N) is 2. The third-order valence-electron chi connectivity index (χ3n) is 5.38. The summed E-state index contributed by atoms with van der Waals surface area (Å²) in [6.07, 6.45) is -0.203. The fraction of sp³-hybridized carbons (Fsp3) is 0.160. The third-order valence-corrected chi connectivity index (χ3v) is 6.56. The standard InChI is InChI=1S/C25H19F2N3O4S/c26-16-5-1-3-7-18(16)28-23(31)12-22-24(32)30(13-15-9-10-20-21(11-15)34-14-33-20)25(35-22)29-19-8-4-2-6-17(19)27/h1-11,22H,12-14H2,(H,28,31). The molecule has 0 saturated carbocycles. The van der Waals surface area contributed by atoms with E-state index in [9.17, 15) is 18.4 Å². The molecule has 0 radical (unpaired) electrons. The maximum absolute atomic E-state index is 14.3. The number of para-hydroxylation sites is 2. The summed E-state index contributed by atoms with van der Waals surface area (Å²) in [5, 5.41) is 1.96. The van der Waals surface area contributed by atoms with E-state index in [-0.39, 0.29) is 42.2 Å². The van der Waals surface area contributed by atoms with Gasteiger partial charge in [0.1, 0.15) is 22.6 Å². The molecule has 0 aliphatic carbocycles. The van der Waals surface area contributed by atoms with Crippen LogP contribution >= 0.6 is 11.8 Å². The van der Waals surface area contributed by atoms with Crippen LogP contribution in [0.5, 0.6) is 11.5 Å². The van der Waals surface area contributed by atoms with E-state index in [1.54, 1.807) is 36.4 Å². The maximum Gasteiger partial charge on any atom is 0.242 e. The van der Waals surface area contributed by atoms with E-state index in [0.717, 1.165) is 17.3 Å². The van der Waals surface area contributed by atoms with E-state index in [1.807, 2.05) is 0 Å². The molecule has 0 spiro atoms. The first kappa shape index (κ1) is 22.9. The number of anilines is 1. The van der Waals surface area contributed by atoms with Gasteiger partial charge in [-0.2, -0.15) is 0 Å². The largest absolute Gasteiger partial charge is 0.454 e. The topological polar surface area (TPSA) is 80.2 Å². The van der Waals surface area contributed by atoms with Crippen LogP contribution in [0.1, 0.15) is 12.0 Å². The highest BCUT2D eigenvalue weighted by molar-refractivity contribution is 8.15. The van der Waals surface area contributed by atoms with E-state index < -0.39 is 22.8 Å². The predicted octanol–water partition coefficient (Wildman–Crippen LogP) is 4.85. The lowest BCUT2D eigenvalue weighted by Crippen LogP contribution is -2.33. The van der Waals surface area contributed by atoms with Crippen molar-refractivity contribution in [2.75, 3.05) is 12.1 Å². The van der Waals surface area contributed by atoms with E-state index in [1.165, 1.54) is 35.2 Å². The highest BCUT2D eigenvalue weighted by atomic mass is 32.2. The summed E-state index contributed by atoms with van der Waals surface area (Å²) in [5.74, 6) is -0.800. The number of hydrogen-bond acceptors (Lipinski definition) is 6. The van der Waals surface area contributed by atoms with E-state index >= 15 is 0 Å². The fourth-order valence-electron chi connectivity index (χ4n) is 3.67. The Hall–Kier alpha value is -3.92. The molecule has 1 atom stereocenters. The number of fused-ring (bicyclic) bond motifs is 1. The second-order valence-corrected chi connectivity index (χ2v) is 8.97. The van der Waals surface area contributed by atoms with Crippen molar-refractivity contribution in [3.63, 3.8) is 0 Å². The van der Waals surface area contributed by atoms with Crippen molar-refractivity contribution in [2.24, 2.45) is 4.99 Å². The number of amidine groups is 1. The molecule has 2 heterocycles. The predicted molar refractivity (Wildman–Crippen MR) is 128 cm³/mol. The number of ether oxygens (including phenoxy) is 2. The van der Waals surface area contributed by atoms with Crippen LogP contribution in [-0.4, -0.2) is 33.9 Å². The van der Waals surface area contributed by atoms with Crippen molar-refractivity contribution in [1.29, 1.82) is 0 Å². The first-order chi connectivity index (χ1) is 17.0.